The molecule has 3 rings (SSSR count). The number of unbranched alkanes of at least 4 members (excludes halogenated alkanes) is 1. The molecule has 0 amide bonds. The van der Waals surface area contributed by atoms with Gasteiger partial charge in [0.2, 0.25) is 0 Å². The fourth-order valence-electron chi connectivity index (χ4n) is 3.50. The Morgan fingerprint density at radius 2 is 1.21 bits per heavy atom. The summed E-state index contributed by atoms with van der Waals surface area (Å²) in [6.07, 6.45) is 2.41. The van der Waals surface area contributed by atoms with Gasteiger partial charge < -0.3 is 5.11 Å². The zero-order valence-electron chi connectivity index (χ0n) is 16.6. The predicted octanol–water partition coefficient (Wildman–Crippen LogP) is 6.72. The monoisotopic (exact) mass is 396 g/mol. The molecule has 0 aliphatic rings. The molecule has 0 aromatic heterocycles. The van der Waals surface area contributed by atoms with Gasteiger partial charge in [0, 0.05) is 11.1 Å². The smallest absolute Gasteiger partial charge is 0.167 e. The number of hydrogen-bond acceptors (Lipinski definition) is 1. The highest BCUT2D eigenvalue weighted by molar-refractivity contribution is 6.89. The summed E-state index contributed by atoms with van der Waals surface area (Å²) >= 11 is 0. The average molecular weight is 397 g/mol. The SMILES string of the molecule is CCCC[Si](C)(C)c1ccc(-c2ccc(-c3ccc(O)cc3)c(F)c2F)cc1. The van der Waals surface area contributed by atoms with Gasteiger partial charge in [-0.2, -0.15) is 0 Å². The van der Waals surface area contributed by atoms with Crippen LogP contribution in [0.15, 0.2) is 60.7 Å². The second-order valence-corrected chi connectivity index (χ2v) is 12.7. The van der Waals surface area contributed by atoms with E-state index < -0.39 is 19.7 Å². The zero-order valence-corrected chi connectivity index (χ0v) is 17.6. The molecular formula is C24H26F2OSi. The van der Waals surface area contributed by atoms with Gasteiger partial charge in [-0.05, 0) is 23.3 Å². The summed E-state index contributed by atoms with van der Waals surface area (Å²) < 4.78 is 29.5. The Bertz CT molecular complexity index is 948. The molecule has 3 aromatic rings. The van der Waals surface area contributed by atoms with Crippen LogP contribution in [0.4, 0.5) is 8.78 Å². The van der Waals surface area contributed by atoms with E-state index >= 15 is 0 Å². The van der Waals surface area contributed by atoms with Gasteiger partial charge in [-0.1, -0.05) is 92.6 Å². The molecule has 28 heavy (non-hydrogen) atoms. The van der Waals surface area contributed by atoms with Crippen molar-refractivity contribution in [1.29, 1.82) is 0 Å². The normalized spacial score (nSPS) is 11.6. The first-order valence-corrected chi connectivity index (χ1v) is 12.9. The molecule has 0 spiro atoms. The molecule has 146 valence electrons. The second kappa shape index (κ2) is 8.27. The Kier molecular flexibility index (Phi) is 5.99. The van der Waals surface area contributed by atoms with Crippen LogP contribution in [0, 0.1) is 11.6 Å². The van der Waals surface area contributed by atoms with Crippen molar-refractivity contribution in [3.8, 4) is 28.0 Å². The molecule has 0 atom stereocenters. The van der Waals surface area contributed by atoms with E-state index in [4.69, 9.17) is 0 Å². The van der Waals surface area contributed by atoms with E-state index in [1.54, 1.807) is 24.3 Å². The van der Waals surface area contributed by atoms with Crippen LogP contribution in [0.5, 0.6) is 5.75 Å². The van der Waals surface area contributed by atoms with Gasteiger partial charge in [-0.25, -0.2) is 8.78 Å². The van der Waals surface area contributed by atoms with Crippen molar-refractivity contribution < 1.29 is 13.9 Å². The maximum Gasteiger partial charge on any atom is 0.167 e. The van der Waals surface area contributed by atoms with Crippen LogP contribution >= 0.6 is 0 Å². The maximum atomic E-state index is 14.8. The fraction of sp³-hybridized carbons (Fsp3) is 0.250. The van der Waals surface area contributed by atoms with E-state index in [0.717, 1.165) is 0 Å². The lowest BCUT2D eigenvalue weighted by molar-refractivity contribution is 0.475. The summed E-state index contributed by atoms with van der Waals surface area (Å²) in [6, 6.07) is 18.5. The van der Waals surface area contributed by atoms with E-state index in [0.29, 0.717) is 11.1 Å². The summed E-state index contributed by atoms with van der Waals surface area (Å²) in [7, 11) is -1.49. The van der Waals surface area contributed by atoms with E-state index in [9.17, 15) is 13.9 Å². The van der Waals surface area contributed by atoms with Gasteiger partial charge in [-0.3, -0.25) is 0 Å². The highest BCUT2D eigenvalue weighted by atomic mass is 28.3. The van der Waals surface area contributed by atoms with Crippen molar-refractivity contribution in [1.82, 2.24) is 0 Å². The molecule has 1 nitrogen and oxygen atoms in total. The van der Waals surface area contributed by atoms with Crippen molar-refractivity contribution in [3.05, 3.63) is 72.3 Å². The summed E-state index contributed by atoms with van der Waals surface area (Å²) in [5, 5.41) is 10.7. The number of rotatable bonds is 6. The van der Waals surface area contributed by atoms with Crippen molar-refractivity contribution in [2.45, 2.75) is 38.9 Å². The molecule has 0 saturated heterocycles. The lowest BCUT2D eigenvalue weighted by atomic mass is 9.99. The third kappa shape index (κ3) is 4.17. The lowest BCUT2D eigenvalue weighted by Crippen LogP contribution is -2.40. The quantitative estimate of drug-likeness (QED) is 0.459. The van der Waals surface area contributed by atoms with Crippen molar-refractivity contribution in [2.24, 2.45) is 0 Å². The van der Waals surface area contributed by atoms with E-state index in [2.05, 4.69) is 32.2 Å². The van der Waals surface area contributed by atoms with Crippen LogP contribution < -0.4 is 5.19 Å². The van der Waals surface area contributed by atoms with E-state index in [1.165, 1.54) is 36.2 Å². The number of phenols is 1. The average Bonchev–Trinajstić information content (AvgIpc) is 2.69. The molecule has 4 heteroatoms. The topological polar surface area (TPSA) is 20.2 Å². The molecule has 0 saturated carbocycles. The lowest BCUT2D eigenvalue weighted by Gasteiger charge is -2.23. The van der Waals surface area contributed by atoms with Crippen molar-refractivity contribution in [2.75, 3.05) is 0 Å². The molecule has 0 fully saturated rings. The number of aromatic hydroxyl groups is 1. The fourth-order valence-corrected chi connectivity index (χ4v) is 6.10. The van der Waals surface area contributed by atoms with Gasteiger partial charge in [0.05, 0.1) is 8.07 Å². The molecule has 0 bridgehead atoms. The van der Waals surface area contributed by atoms with Crippen LogP contribution in [-0.2, 0) is 0 Å². The highest BCUT2D eigenvalue weighted by Crippen LogP contribution is 2.32. The summed E-state index contributed by atoms with van der Waals surface area (Å²) in [6.45, 7) is 6.90. The van der Waals surface area contributed by atoms with E-state index in [-0.39, 0.29) is 16.9 Å². The number of phenolic OH excluding ortho intramolecular Hbond substituents is 1. The molecular weight excluding hydrogens is 370 g/mol. The summed E-state index contributed by atoms with van der Waals surface area (Å²) in [5.74, 6) is -1.63. The van der Waals surface area contributed by atoms with Gasteiger partial charge in [0.1, 0.15) is 5.75 Å². The molecule has 0 heterocycles. The Morgan fingerprint density at radius 3 is 1.68 bits per heavy atom. The van der Waals surface area contributed by atoms with Gasteiger partial charge in [-0.15, -0.1) is 0 Å². The first-order chi connectivity index (χ1) is 13.3. The molecule has 0 aliphatic heterocycles. The Hall–Kier alpha value is -2.46. The third-order valence-electron chi connectivity index (χ3n) is 5.39. The van der Waals surface area contributed by atoms with Crippen molar-refractivity contribution >= 4 is 13.3 Å². The number of hydrogen-bond donors (Lipinski definition) is 1. The predicted molar refractivity (Wildman–Crippen MR) is 116 cm³/mol. The minimum atomic E-state index is -1.49. The van der Waals surface area contributed by atoms with Gasteiger partial charge in [0.25, 0.3) is 0 Å². The van der Waals surface area contributed by atoms with Crippen LogP contribution in [0.25, 0.3) is 22.3 Å². The third-order valence-corrected chi connectivity index (χ3v) is 8.89. The van der Waals surface area contributed by atoms with Gasteiger partial charge >= 0.3 is 0 Å². The Morgan fingerprint density at radius 1 is 0.750 bits per heavy atom. The maximum absolute atomic E-state index is 14.8. The van der Waals surface area contributed by atoms with Crippen molar-refractivity contribution in [3.63, 3.8) is 0 Å². The minimum Gasteiger partial charge on any atom is -0.508 e. The zero-order chi connectivity index (χ0) is 20.3. The molecule has 3 aromatic carbocycles. The number of benzene rings is 3. The highest BCUT2D eigenvalue weighted by Gasteiger charge is 2.23. The summed E-state index contributed by atoms with van der Waals surface area (Å²) in [4.78, 5) is 0. The van der Waals surface area contributed by atoms with Crippen LogP contribution in [0.1, 0.15) is 19.8 Å². The first-order valence-electron chi connectivity index (χ1n) is 9.72. The minimum absolute atomic E-state index is 0.0896. The molecule has 0 unspecified atom stereocenters. The first kappa shape index (κ1) is 20.3. The molecule has 1 N–H and O–H groups in total. The summed E-state index contributed by atoms with van der Waals surface area (Å²) in [5.41, 5.74) is 1.66. The molecule has 0 aliphatic carbocycles. The standard InChI is InChI=1S/C24H26F2OSi/c1-4-5-16-28(2,3)20-12-8-18(9-13-20)22-15-14-21(23(25)24(22)26)17-6-10-19(27)11-7-17/h6-15,27H,4-5,16H2,1-3H3. The number of halogens is 2. The largest absolute Gasteiger partial charge is 0.508 e. The van der Waals surface area contributed by atoms with E-state index in [1.807, 2.05) is 12.1 Å². The van der Waals surface area contributed by atoms with Crippen LogP contribution in [0.2, 0.25) is 19.1 Å². The van der Waals surface area contributed by atoms with Crippen LogP contribution in [0.3, 0.4) is 0 Å². The van der Waals surface area contributed by atoms with Gasteiger partial charge in [0.15, 0.2) is 11.6 Å². The van der Waals surface area contributed by atoms with Crippen LogP contribution in [-0.4, -0.2) is 13.2 Å². The Labute approximate surface area is 166 Å². The molecule has 0 radical (unpaired) electrons. The second-order valence-electron chi connectivity index (χ2n) is 7.90. The Balaban J connectivity index is 1.92.